The maximum Gasteiger partial charge on any atom is 0.326 e. The molecule has 5 heteroatoms. The van der Waals surface area contributed by atoms with Gasteiger partial charge in [0.1, 0.15) is 17.0 Å². The average Bonchev–Trinajstić information content (AvgIpc) is 3.50. The molecule has 0 spiro atoms. The van der Waals surface area contributed by atoms with E-state index in [9.17, 15) is 9.00 Å². The summed E-state index contributed by atoms with van der Waals surface area (Å²) in [6, 6.07) is 7.04. The first-order valence-electron chi connectivity index (χ1n) is 12.1. The number of nitrogens with zero attached hydrogens (tertiary/aromatic N) is 1. The molecule has 1 aromatic carbocycles. The van der Waals surface area contributed by atoms with E-state index in [4.69, 9.17) is 4.74 Å². The topological polar surface area (TPSA) is 46.4 Å². The number of aryl methyl sites for hydroxylation is 1. The highest BCUT2D eigenvalue weighted by Crippen LogP contribution is 2.35. The van der Waals surface area contributed by atoms with E-state index in [2.05, 4.69) is 13.0 Å². The lowest BCUT2D eigenvalue weighted by Crippen LogP contribution is -2.16. The van der Waals surface area contributed by atoms with Crippen molar-refractivity contribution in [3.63, 3.8) is 0 Å². The molecule has 4 nitrogen and oxygen atoms in total. The minimum atomic E-state index is -1.35. The van der Waals surface area contributed by atoms with E-state index in [1.807, 2.05) is 37.3 Å². The van der Waals surface area contributed by atoms with Crippen molar-refractivity contribution in [2.75, 3.05) is 7.11 Å². The normalized spacial score (nSPS) is 21.3. The van der Waals surface area contributed by atoms with E-state index in [0.717, 1.165) is 16.9 Å². The van der Waals surface area contributed by atoms with Crippen LogP contribution in [0.15, 0.2) is 41.3 Å². The van der Waals surface area contributed by atoms with Crippen molar-refractivity contribution >= 4 is 17.0 Å². The number of benzene rings is 1. The molecule has 0 bridgehead atoms. The molecule has 0 saturated carbocycles. The second-order valence-corrected chi connectivity index (χ2v) is 10.0. The zero-order valence-corrected chi connectivity index (χ0v) is 20.5. The van der Waals surface area contributed by atoms with E-state index in [-0.39, 0.29) is 12.0 Å². The molecule has 1 saturated heterocycles. The minimum absolute atomic E-state index is 0.137. The zero-order valence-electron chi connectivity index (χ0n) is 19.7. The molecule has 0 N–H and O–H groups in total. The highest BCUT2D eigenvalue weighted by molar-refractivity contribution is 7.83. The first kappa shape index (κ1) is 25.8. The molecule has 1 aromatic rings. The van der Waals surface area contributed by atoms with Crippen molar-refractivity contribution in [3.05, 3.63) is 42.0 Å². The Balaban J connectivity index is 1.64. The Kier molecular flexibility index (Phi) is 12.1. The molecule has 31 heavy (non-hydrogen) atoms. The fourth-order valence-electron chi connectivity index (χ4n) is 3.93. The van der Waals surface area contributed by atoms with Gasteiger partial charge >= 0.3 is 5.97 Å². The van der Waals surface area contributed by atoms with Crippen LogP contribution in [0.1, 0.15) is 89.5 Å². The van der Waals surface area contributed by atoms with E-state index in [0.29, 0.717) is 0 Å². The van der Waals surface area contributed by atoms with Crippen molar-refractivity contribution in [2.24, 2.45) is 0 Å². The van der Waals surface area contributed by atoms with Crippen LogP contribution in [0.25, 0.3) is 0 Å². The summed E-state index contributed by atoms with van der Waals surface area (Å²) < 4.78 is 19.5. The third kappa shape index (κ3) is 8.89. The second kappa shape index (κ2) is 14.6. The highest BCUT2D eigenvalue weighted by atomic mass is 32.2. The standard InChI is InChI=1S/C26H41NO3S/c1-4-5-6-7-8-9-10-11-12-13-14-15-16-17-24-25(26(28)30-3)27(24)31(29)23-20-18-22(2)19-21-23/h16-21,24-25H,4-15H2,1-3H3. The van der Waals surface area contributed by atoms with E-state index in [1.54, 1.807) is 4.31 Å². The van der Waals surface area contributed by atoms with Crippen molar-refractivity contribution < 1.29 is 13.7 Å². The molecule has 174 valence electrons. The van der Waals surface area contributed by atoms with Gasteiger partial charge in [0.25, 0.3) is 0 Å². The Morgan fingerprint density at radius 1 is 0.968 bits per heavy atom. The Bertz CT molecular complexity index is 701. The summed E-state index contributed by atoms with van der Waals surface area (Å²) in [5, 5.41) is 0. The summed E-state index contributed by atoms with van der Waals surface area (Å²) in [6.07, 6.45) is 19.9. The number of hydrogen-bond acceptors (Lipinski definition) is 3. The first-order chi connectivity index (χ1) is 15.1. The maximum atomic E-state index is 12.9. The number of hydrogen-bond donors (Lipinski definition) is 0. The monoisotopic (exact) mass is 447 g/mol. The molecule has 0 aromatic heterocycles. The summed E-state index contributed by atoms with van der Waals surface area (Å²) in [4.78, 5) is 12.8. The molecule has 1 fully saturated rings. The molecule has 0 amide bonds. The van der Waals surface area contributed by atoms with Gasteiger partial charge in [-0.25, -0.2) is 4.21 Å². The fraction of sp³-hybridized carbons (Fsp3) is 0.654. The number of carbonyl (C=O) groups is 1. The minimum Gasteiger partial charge on any atom is -0.468 e. The third-order valence-electron chi connectivity index (χ3n) is 5.97. The molecule has 1 heterocycles. The molecular weight excluding hydrogens is 406 g/mol. The lowest BCUT2D eigenvalue weighted by atomic mass is 10.1. The lowest BCUT2D eigenvalue weighted by molar-refractivity contribution is -0.140. The molecule has 0 aliphatic carbocycles. The molecular formula is C26H41NO3S. The largest absolute Gasteiger partial charge is 0.468 e. The quantitative estimate of drug-likeness (QED) is 0.126. The number of rotatable bonds is 16. The Morgan fingerprint density at radius 2 is 1.52 bits per heavy atom. The van der Waals surface area contributed by atoms with Gasteiger partial charge in [0.15, 0.2) is 0 Å². The van der Waals surface area contributed by atoms with Crippen LogP contribution >= 0.6 is 0 Å². The van der Waals surface area contributed by atoms with Crippen LogP contribution in [-0.2, 0) is 20.5 Å². The number of unbranched alkanes of at least 4 members (excludes halogenated alkanes) is 11. The van der Waals surface area contributed by atoms with Crippen LogP contribution in [0.4, 0.5) is 0 Å². The third-order valence-corrected chi connectivity index (χ3v) is 7.50. The summed E-state index contributed by atoms with van der Waals surface area (Å²) in [6.45, 7) is 4.27. The van der Waals surface area contributed by atoms with Gasteiger partial charge in [0.05, 0.1) is 18.0 Å². The van der Waals surface area contributed by atoms with Gasteiger partial charge in [-0.2, -0.15) is 4.31 Å². The molecule has 4 unspecified atom stereocenters. The average molecular weight is 448 g/mol. The van der Waals surface area contributed by atoms with Crippen LogP contribution in [0.2, 0.25) is 0 Å². The second-order valence-electron chi connectivity index (χ2n) is 8.63. The molecule has 1 aliphatic heterocycles. The fourth-order valence-corrected chi connectivity index (χ4v) is 5.32. The molecule has 4 atom stereocenters. The van der Waals surface area contributed by atoms with Crippen LogP contribution < -0.4 is 0 Å². The summed E-state index contributed by atoms with van der Waals surface area (Å²) >= 11 is 0. The van der Waals surface area contributed by atoms with Crippen molar-refractivity contribution in [1.29, 1.82) is 0 Å². The predicted molar refractivity (Wildman–Crippen MR) is 129 cm³/mol. The Labute approximate surface area is 192 Å². The van der Waals surface area contributed by atoms with Gasteiger partial charge in [0, 0.05) is 0 Å². The summed E-state index contributed by atoms with van der Waals surface area (Å²) in [5.74, 6) is -0.315. The zero-order chi connectivity index (χ0) is 22.5. The number of ether oxygens (including phenoxy) is 1. The lowest BCUT2D eigenvalue weighted by Gasteiger charge is -2.04. The van der Waals surface area contributed by atoms with Gasteiger partial charge in [-0.05, 0) is 31.9 Å². The molecule has 2 rings (SSSR count). The van der Waals surface area contributed by atoms with Crippen LogP contribution in [0, 0.1) is 6.92 Å². The van der Waals surface area contributed by atoms with Gasteiger partial charge < -0.3 is 4.74 Å². The van der Waals surface area contributed by atoms with Crippen LogP contribution in [-0.4, -0.2) is 33.7 Å². The van der Waals surface area contributed by atoms with Gasteiger partial charge in [0.2, 0.25) is 0 Å². The van der Waals surface area contributed by atoms with E-state index in [1.165, 1.54) is 77.7 Å². The first-order valence-corrected chi connectivity index (χ1v) is 13.2. The number of esters is 1. The van der Waals surface area contributed by atoms with Crippen molar-refractivity contribution in [3.8, 4) is 0 Å². The molecule has 1 aliphatic rings. The Morgan fingerprint density at radius 3 is 2.06 bits per heavy atom. The van der Waals surface area contributed by atoms with Crippen LogP contribution in [0.3, 0.4) is 0 Å². The van der Waals surface area contributed by atoms with Gasteiger partial charge in [-0.15, -0.1) is 0 Å². The highest BCUT2D eigenvalue weighted by Gasteiger charge is 2.55. The van der Waals surface area contributed by atoms with Crippen molar-refractivity contribution in [1.82, 2.24) is 4.31 Å². The van der Waals surface area contributed by atoms with Gasteiger partial charge in [-0.1, -0.05) is 101 Å². The number of carbonyl (C=O) groups excluding carboxylic acids is 1. The smallest absolute Gasteiger partial charge is 0.326 e. The van der Waals surface area contributed by atoms with E-state index < -0.39 is 17.0 Å². The number of allylic oxidation sites excluding steroid dienone is 1. The maximum absolute atomic E-state index is 12.9. The van der Waals surface area contributed by atoms with Gasteiger partial charge in [-0.3, -0.25) is 4.79 Å². The predicted octanol–water partition coefficient (Wildman–Crippen LogP) is 6.50. The summed E-state index contributed by atoms with van der Waals surface area (Å²) in [5.41, 5.74) is 1.12. The summed E-state index contributed by atoms with van der Waals surface area (Å²) in [7, 11) is 0.0384. The van der Waals surface area contributed by atoms with E-state index >= 15 is 0 Å². The molecule has 0 radical (unpaired) electrons. The Hall–Kier alpha value is -1.46. The van der Waals surface area contributed by atoms with Crippen LogP contribution in [0.5, 0.6) is 0 Å². The van der Waals surface area contributed by atoms with Crippen molar-refractivity contribution in [2.45, 2.75) is 108 Å². The number of methoxy groups -OCH3 is 1. The SMILES string of the molecule is CCCCCCCCCCCCCC=CC1C(C(=O)OC)N1S(=O)c1ccc(C)cc1.